The van der Waals surface area contributed by atoms with Crippen LogP contribution in [0.5, 0.6) is 0 Å². The average Bonchev–Trinajstić information content (AvgIpc) is 2.82. The van der Waals surface area contributed by atoms with Crippen LogP contribution in [-0.2, 0) is 0 Å². The zero-order valence-corrected chi connectivity index (χ0v) is 11.0. The van der Waals surface area contributed by atoms with E-state index in [0.29, 0.717) is 11.6 Å². The molecule has 0 atom stereocenters. The second-order valence-corrected chi connectivity index (χ2v) is 4.33. The molecule has 2 heterocycles. The largest absolute Gasteiger partial charge is 0.368 e. The van der Waals surface area contributed by atoms with E-state index in [1.54, 1.807) is 13.4 Å². The van der Waals surface area contributed by atoms with Gasteiger partial charge in [0.2, 0.25) is 5.95 Å². The molecule has 0 fully saturated rings. The SMILES string of the molecule is CNc1nc(NCCCN(C)C)c2[nH]cnc2n1. The highest BCUT2D eigenvalue weighted by molar-refractivity contribution is 5.83. The number of fused-ring (bicyclic) bond motifs is 1. The van der Waals surface area contributed by atoms with Gasteiger partial charge in [0.25, 0.3) is 0 Å². The van der Waals surface area contributed by atoms with Gasteiger partial charge in [-0.3, -0.25) is 0 Å². The van der Waals surface area contributed by atoms with Gasteiger partial charge < -0.3 is 20.5 Å². The van der Waals surface area contributed by atoms with Crippen molar-refractivity contribution < 1.29 is 0 Å². The molecule has 0 aromatic carbocycles. The Morgan fingerprint density at radius 2 is 2.17 bits per heavy atom. The van der Waals surface area contributed by atoms with Crippen molar-refractivity contribution in [1.82, 2.24) is 24.8 Å². The number of aromatic nitrogens is 4. The summed E-state index contributed by atoms with van der Waals surface area (Å²) in [5, 5.41) is 6.25. The molecule has 0 saturated heterocycles. The first kappa shape index (κ1) is 12.6. The second kappa shape index (κ2) is 5.63. The first-order valence-electron chi connectivity index (χ1n) is 5.98. The Balaban J connectivity index is 2.08. The van der Waals surface area contributed by atoms with Crippen molar-refractivity contribution in [3.05, 3.63) is 6.33 Å². The molecule has 0 unspecified atom stereocenters. The monoisotopic (exact) mass is 249 g/mol. The molecule has 3 N–H and O–H groups in total. The minimum atomic E-state index is 0.574. The summed E-state index contributed by atoms with van der Waals surface area (Å²) in [6.07, 6.45) is 2.69. The smallest absolute Gasteiger partial charge is 0.226 e. The lowest BCUT2D eigenvalue weighted by Gasteiger charge is -2.11. The highest BCUT2D eigenvalue weighted by atomic mass is 15.2. The topological polar surface area (TPSA) is 81.8 Å². The lowest BCUT2D eigenvalue weighted by molar-refractivity contribution is 0.405. The van der Waals surface area contributed by atoms with Gasteiger partial charge in [0.1, 0.15) is 5.52 Å². The second-order valence-electron chi connectivity index (χ2n) is 4.33. The van der Waals surface area contributed by atoms with Gasteiger partial charge in [0.15, 0.2) is 11.5 Å². The molecule has 2 aromatic rings. The molecule has 2 rings (SSSR count). The molecule has 0 radical (unpaired) electrons. The Hall–Kier alpha value is -1.89. The van der Waals surface area contributed by atoms with E-state index in [1.165, 1.54) is 0 Å². The van der Waals surface area contributed by atoms with Crippen molar-refractivity contribution >= 4 is 22.9 Å². The molecule has 0 amide bonds. The van der Waals surface area contributed by atoms with Crippen LogP contribution >= 0.6 is 0 Å². The highest BCUT2D eigenvalue weighted by Gasteiger charge is 2.08. The van der Waals surface area contributed by atoms with E-state index in [9.17, 15) is 0 Å². The fraction of sp³-hybridized carbons (Fsp3) is 0.545. The van der Waals surface area contributed by atoms with Gasteiger partial charge >= 0.3 is 0 Å². The Morgan fingerprint density at radius 3 is 2.89 bits per heavy atom. The minimum Gasteiger partial charge on any atom is -0.368 e. The molecule has 2 aromatic heterocycles. The number of hydrogen-bond donors (Lipinski definition) is 3. The van der Waals surface area contributed by atoms with Crippen LogP contribution < -0.4 is 10.6 Å². The quantitative estimate of drug-likeness (QED) is 0.656. The van der Waals surface area contributed by atoms with Crippen LogP contribution in [0.1, 0.15) is 6.42 Å². The number of rotatable bonds is 6. The van der Waals surface area contributed by atoms with Gasteiger partial charge in [-0.05, 0) is 27.1 Å². The molecule has 0 aliphatic carbocycles. The van der Waals surface area contributed by atoms with E-state index >= 15 is 0 Å². The minimum absolute atomic E-state index is 0.574. The third-order valence-electron chi connectivity index (χ3n) is 2.58. The summed E-state index contributed by atoms with van der Waals surface area (Å²) >= 11 is 0. The van der Waals surface area contributed by atoms with Crippen LogP contribution in [0.25, 0.3) is 11.2 Å². The summed E-state index contributed by atoms with van der Waals surface area (Å²) in [6, 6.07) is 0. The van der Waals surface area contributed by atoms with E-state index in [2.05, 4.69) is 49.6 Å². The van der Waals surface area contributed by atoms with E-state index in [0.717, 1.165) is 30.8 Å². The Labute approximate surface area is 106 Å². The number of anilines is 2. The maximum atomic E-state index is 4.39. The number of nitrogens with zero attached hydrogens (tertiary/aromatic N) is 4. The van der Waals surface area contributed by atoms with Crippen LogP contribution in [0, 0.1) is 0 Å². The molecular weight excluding hydrogens is 230 g/mol. The average molecular weight is 249 g/mol. The summed E-state index contributed by atoms with van der Waals surface area (Å²) in [4.78, 5) is 18.0. The Morgan fingerprint density at radius 1 is 1.33 bits per heavy atom. The van der Waals surface area contributed by atoms with Crippen LogP contribution in [0.4, 0.5) is 11.8 Å². The Bertz CT molecular complexity index is 505. The predicted octanol–water partition coefficient (Wildman–Crippen LogP) is 0.758. The zero-order valence-electron chi connectivity index (χ0n) is 11.0. The molecule has 7 heteroatoms. The van der Waals surface area contributed by atoms with Crippen molar-refractivity contribution in [2.75, 3.05) is 44.9 Å². The molecule has 98 valence electrons. The van der Waals surface area contributed by atoms with Gasteiger partial charge in [-0.2, -0.15) is 9.97 Å². The number of imidazole rings is 1. The molecule has 7 nitrogen and oxygen atoms in total. The van der Waals surface area contributed by atoms with E-state index in [1.807, 2.05) is 0 Å². The summed E-state index contributed by atoms with van der Waals surface area (Å²) in [5.41, 5.74) is 1.52. The number of H-pyrrole nitrogens is 1. The normalized spacial score (nSPS) is 11.1. The van der Waals surface area contributed by atoms with Crippen LogP contribution in [0.15, 0.2) is 6.33 Å². The molecule has 0 aliphatic heterocycles. The standard InChI is InChI=1S/C11H19N7/c1-12-11-16-9(13-5-4-6-18(2)3)8-10(17-11)15-7-14-8/h7H,4-6H2,1-3H3,(H3,12,13,14,15,16,17). The van der Waals surface area contributed by atoms with Gasteiger partial charge in [0, 0.05) is 13.6 Å². The van der Waals surface area contributed by atoms with E-state index in [-0.39, 0.29) is 0 Å². The third kappa shape index (κ3) is 2.86. The van der Waals surface area contributed by atoms with Gasteiger partial charge in [0.05, 0.1) is 6.33 Å². The van der Waals surface area contributed by atoms with Crippen LogP contribution in [0.3, 0.4) is 0 Å². The van der Waals surface area contributed by atoms with E-state index in [4.69, 9.17) is 0 Å². The third-order valence-corrected chi connectivity index (χ3v) is 2.58. The van der Waals surface area contributed by atoms with Crippen molar-refractivity contribution in [3.63, 3.8) is 0 Å². The predicted molar refractivity (Wildman–Crippen MR) is 72.9 cm³/mol. The highest BCUT2D eigenvalue weighted by Crippen LogP contribution is 2.18. The van der Waals surface area contributed by atoms with Gasteiger partial charge in [-0.15, -0.1) is 0 Å². The van der Waals surface area contributed by atoms with Crippen molar-refractivity contribution in [3.8, 4) is 0 Å². The first-order valence-corrected chi connectivity index (χ1v) is 5.98. The van der Waals surface area contributed by atoms with Crippen molar-refractivity contribution in [2.24, 2.45) is 0 Å². The molecule has 0 bridgehead atoms. The molecular formula is C11H19N7. The fourth-order valence-electron chi connectivity index (χ4n) is 1.68. The fourth-order valence-corrected chi connectivity index (χ4v) is 1.68. The lowest BCUT2D eigenvalue weighted by Crippen LogP contribution is -2.17. The summed E-state index contributed by atoms with van der Waals surface area (Å²) in [6.45, 7) is 1.91. The number of hydrogen-bond acceptors (Lipinski definition) is 6. The summed E-state index contributed by atoms with van der Waals surface area (Å²) in [7, 11) is 5.93. The number of aromatic amines is 1. The maximum absolute atomic E-state index is 4.39. The molecule has 0 aliphatic rings. The van der Waals surface area contributed by atoms with Crippen LogP contribution in [-0.4, -0.2) is 59.1 Å². The number of nitrogens with one attached hydrogen (secondary N) is 3. The van der Waals surface area contributed by atoms with E-state index < -0.39 is 0 Å². The maximum Gasteiger partial charge on any atom is 0.226 e. The van der Waals surface area contributed by atoms with Crippen molar-refractivity contribution in [1.29, 1.82) is 0 Å². The molecule has 18 heavy (non-hydrogen) atoms. The van der Waals surface area contributed by atoms with Crippen molar-refractivity contribution in [2.45, 2.75) is 6.42 Å². The Kier molecular flexibility index (Phi) is 3.93. The summed E-state index contributed by atoms with van der Waals surface area (Å²) < 4.78 is 0. The summed E-state index contributed by atoms with van der Waals surface area (Å²) in [5.74, 6) is 1.37. The first-order chi connectivity index (χ1) is 8.70. The van der Waals surface area contributed by atoms with Gasteiger partial charge in [-0.25, -0.2) is 4.98 Å². The zero-order chi connectivity index (χ0) is 13.0. The molecule has 0 saturated carbocycles. The molecule has 0 spiro atoms. The van der Waals surface area contributed by atoms with Gasteiger partial charge in [-0.1, -0.05) is 0 Å². The lowest BCUT2D eigenvalue weighted by atomic mass is 10.4. The van der Waals surface area contributed by atoms with Crippen LogP contribution in [0.2, 0.25) is 0 Å².